The van der Waals surface area contributed by atoms with Crippen molar-refractivity contribution in [2.24, 2.45) is 5.92 Å². The summed E-state index contributed by atoms with van der Waals surface area (Å²) >= 11 is 0. The molecule has 2 aliphatic carbocycles. The van der Waals surface area contributed by atoms with E-state index in [0.717, 1.165) is 17.9 Å². The van der Waals surface area contributed by atoms with E-state index in [4.69, 9.17) is 0 Å². The van der Waals surface area contributed by atoms with Crippen molar-refractivity contribution in [1.82, 2.24) is 0 Å². The van der Waals surface area contributed by atoms with Crippen LogP contribution in [0.1, 0.15) is 74.2 Å². The van der Waals surface area contributed by atoms with Gasteiger partial charge in [-0.15, -0.1) is 0 Å². The van der Waals surface area contributed by atoms with Gasteiger partial charge in [0.15, 0.2) is 0 Å². The Bertz CT molecular complexity index is 418. The van der Waals surface area contributed by atoms with Crippen molar-refractivity contribution in [3.8, 4) is 0 Å². The Morgan fingerprint density at radius 1 is 1.00 bits per heavy atom. The molecule has 1 heteroatoms. The molecule has 0 bridgehead atoms. The Balaban J connectivity index is 1.60. The molecule has 0 heterocycles. The molecule has 1 unspecified atom stereocenters. The lowest BCUT2D eigenvalue weighted by molar-refractivity contribution is 0.157. The molecule has 1 saturated carbocycles. The van der Waals surface area contributed by atoms with Crippen LogP contribution in [-0.2, 0) is 12.8 Å². The van der Waals surface area contributed by atoms with E-state index in [1.54, 1.807) is 0 Å². The van der Waals surface area contributed by atoms with Gasteiger partial charge in [0.1, 0.15) is 0 Å². The van der Waals surface area contributed by atoms with Crippen molar-refractivity contribution in [3.05, 3.63) is 34.9 Å². The normalized spacial score (nSPS) is 21.3. The minimum absolute atomic E-state index is 0.243. The predicted octanol–water partition coefficient (Wildman–Crippen LogP) is 4.57. The maximum Gasteiger partial charge on any atom is 0.0790 e. The van der Waals surface area contributed by atoms with E-state index in [1.807, 2.05) is 0 Å². The number of hydrogen-bond donors (Lipinski definition) is 1. The first-order chi connectivity index (χ1) is 9.33. The van der Waals surface area contributed by atoms with Gasteiger partial charge >= 0.3 is 0 Å². The van der Waals surface area contributed by atoms with Crippen molar-refractivity contribution < 1.29 is 5.11 Å². The Hall–Kier alpha value is -0.820. The van der Waals surface area contributed by atoms with Crippen LogP contribution in [0, 0.1) is 5.92 Å². The fourth-order valence-electron chi connectivity index (χ4n) is 3.82. The zero-order chi connectivity index (χ0) is 13.1. The van der Waals surface area contributed by atoms with Crippen LogP contribution < -0.4 is 0 Å². The van der Waals surface area contributed by atoms with Crippen LogP contribution in [0.5, 0.6) is 0 Å². The van der Waals surface area contributed by atoms with Crippen LogP contribution in [0.25, 0.3) is 0 Å². The zero-order valence-electron chi connectivity index (χ0n) is 11.9. The Kier molecular flexibility index (Phi) is 4.22. The molecule has 1 atom stereocenters. The molecule has 1 N–H and O–H groups in total. The lowest BCUT2D eigenvalue weighted by Crippen LogP contribution is -2.06. The summed E-state index contributed by atoms with van der Waals surface area (Å²) in [5, 5.41) is 10.4. The van der Waals surface area contributed by atoms with E-state index >= 15 is 0 Å². The van der Waals surface area contributed by atoms with Crippen LogP contribution in [0.15, 0.2) is 18.2 Å². The van der Waals surface area contributed by atoms with Gasteiger partial charge in [-0.3, -0.25) is 0 Å². The largest absolute Gasteiger partial charge is 0.388 e. The molecule has 1 aromatic rings. The van der Waals surface area contributed by atoms with Crippen molar-refractivity contribution in [2.45, 2.75) is 70.3 Å². The lowest BCUT2D eigenvalue weighted by Gasteiger charge is -2.19. The summed E-state index contributed by atoms with van der Waals surface area (Å²) < 4.78 is 0. The maximum absolute atomic E-state index is 10.4. The number of aliphatic hydroxyl groups is 1. The molecular formula is C18H26O. The van der Waals surface area contributed by atoms with Gasteiger partial charge in [0.2, 0.25) is 0 Å². The van der Waals surface area contributed by atoms with Crippen LogP contribution in [-0.4, -0.2) is 5.11 Å². The molecule has 0 aliphatic heterocycles. The molecule has 1 fully saturated rings. The third-order valence-electron chi connectivity index (χ3n) is 5.08. The molecule has 1 nitrogen and oxygen atoms in total. The van der Waals surface area contributed by atoms with Gasteiger partial charge in [-0.05, 0) is 61.1 Å². The molecule has 0 radical (unpaired) electrons. The number of benzene rings is 1. The molecule has 0 amide bonds. The quantitative estimate of drug-likeness (QED) is 0.838. The Morgan fingerprint density at radius 3 is 2.53 bits per heavy atom. The average molecular weight is 258 g/mol. The molecule has 0 aromatic heterocycles. The summed E-state index contributed by atoms with van der Waals surface area (Å²) in [4.78, 5) is 0. The van der Waals surface area contributed by atoms with Gasteiger partial charge in [0.05, 0.1) is 6.10 Å². The third kappa shape index (κ3) is 3.20. The second-order valence-corrected chi connectivity index (χ2v) is 6.48. The number of hydrogen-bond acceptors (Lipinski definition) is 1. The van der Waals surface area contributed by atoms with Crippen molar-refractivity contribution >= 4 is 0 Å². The maximum atomic E-state index is 10.4. The average Bonchev–Trinajstić information content (AvgIpc) is 2.97. The number of aliphatic hydroxyl groups excluding tert-OH is 1. The van der Waals surface area contributed by atoms with Gasteiger partial charge in [-0.2, -0.15) is 0 Å². The van der Waals surface area contributed by atoms with E-state index in [2.05, 4.69) is 18.2 Å². The first kappa shape index (κ1) is 13.2. The molecule has 0 spiro atoms. The smallest absolute Gasteiger partial charge is 0.0790 e. The monoisotopic (exact) mass is 258 g/mol. The number of aryl methyl sites for hydroxylation is 2. The van der Waals surface area contributed by atoms with Gasteiger partial charge in [0.25, 0.3) is 0 Å². The molecule has 1 aromatic carbocycles. The van der Waals surface area contributed by atoms with Gasteiger partial charge in [-0.25, -0.2) is 0 Å². The van der Waals surface area contributed by atoms with Crippen molar-refractivity contribution in [3.63, 3.8) is 0 Å². The standard InChI is InChI=1S/C18H26O/c19-18(12-9-14-5-1-2-6-14)17-11-10-15-7-3-4-8-16(15)13-17/h10-11,13-14,18-19H,1-9,12H2. The van der Waals surface area contributed by atoms with Crippen LogP contribution in [0.2, 0.25) is 0 Å². The van der Waals surface area contributed by atoms with Crippen LogP contribution >= 0.6 is 0 Å². The first-order valence-electron chi connectivity index (χ1n) is 8.13. The van der Waals surface area contributed by atoms with E-state index in [-0.39, 0.29) is 6.10 Å². The molecule has 3 rings (SSSR count). The second kappa shape index (κ2) is 6.09. The second-order valence-electron chi connectivity index (χ2n) is 6.48. The SMILES string of the molecule is OC(CCC1CCCC1)c1ccc2c(c1)CCCC2. The summed E-state index contributed by atoms with van der Waals surface area (Å²) in [5.41, 5.74) is 4.15. The van der Waals surface area contributed by atoms with Crippen molar-refractivity contribution in [2.75, 3.05) is 0 Å². The molecular weight excluding hydrogens is 232 g/mol. The van der Waals surface area contributed by atoms with E-state index in [9.17, 15) is 5.11 Å². The first-order valence-corrected chi connectivity index (χ1v) is 8.13. The topological polar surface area (TPSA) is 20.2 Å². The van der Waals surface area contributed by atoms with E-state index in [1.165, 1.54) is 68.9 Å². The van der Waals surface area contributed by atoms with Crippen LogP contribution in [0.3, 0.4) is 0 Å². The van der Waals surface area contributed by atoms with Crippen LogP contribution in [0.4, 0.5) is 0 Å². The van der Waals surface area contributed by atoms with E-state index in [0.29, 0.717) is 0 Å². The molecule has 19 heavy (non-hydrogen) atoms. The predicted molar refractivity (Wildman–Crippen MR) is 79.2 cm³/mol. The summed E-state index contributed by atoms with van der Waals surface area (Å²) in [7, 11) is 0. The highest BCUT2D eigenvalue weighted by Gasteiger charge is 2.18. The summed E-state index contributed by atoms with van der Waals surface area (Å²) in [6.45, 7) is 0. The van der Waals surface area contributed by atoms with Gasteiger partial charge < -0.3 is 5.11 Å². The fourth-order valence-corrected chi connectivity index (χ4v) is 3.82. The molecule has 104 valence electrons. The third-order valence-corrected chi connectivity index (χ3v) is 5.08. The van der Waals surface area contributed by atoms with Crippen molar-refractivity contribution in [1.29, 1.82) is 0 Å². The summed E-state index contributed by atoms with van der Waals surface area (Å²) in [5.74, 6) is 0.882. The Morgan fingerprint density at radius 2 is 1.74 bits per heavy atom. The minimum Gasteiger partial charge on any atom is -0.388 e. The summed E-state index contributed by atoms with van der Waals surface area (Å²) in [6.07, 6.45) is 12.6. The summed E-state index contributed by atoms with van der Waals surface area (Å²) in [6, 6.07) is 6.68. The van der Waals surface area contributed by atoms with Gasteiger partial charge in [-0.1, -0.05) is 43.9 Å². The highest BCUT2D eigenvalue weighted by Crippen LogP contribution is 2.32. The highest BCUT2D eigenvalue weighted by atomic mass is 16.3. The molecule has 0 saturated heterocycles. The zero-order valence-corrected chi connectivity index (χ0v) is 11.9. The lowest BCUT2D eigenvalue weighted by atomic mass is 9.88. The molecule has 2 aliphatic rings. The van der Waals surface area contributed by atoms with E-state index < -0.39 is 0 Å². The fraction of sp³-hybridized carbons (Fsp3) is 0.667. The number of rotatable bonds is 4. The number of fused-ring (bicyclic) bond motifs is 1. The van der Waals surface area contributed by atoms with Gasteiger partial charge in [0, 0.05) is 0 Å². The Labute approximate surface area is 117 Å². The highest BCUT2D eigenvalue weighted by molar-refractivity contribution is 5.34. The minimum atomic E-state index is -0.243.